The highest BCUT2D eigenvalue weighted by molar-refractivity contribution is 7.09. The quantitative estimate of drug-likeness (QED) is 0.500. The van der Waals surface area contributed by atoms with Crippen LogP contribution >= 0.6 is 11.3 Å². The zero-order valence-electron chi connectivity index (χ0n) is 18.5. The number of benzene rings is 2. The fourth-order valence-electron chi connectivity index (χ4n) is 3.83. The van der Waals surface area contributed by atoms with E-state index in [1.54, 1.807) is 17.4 Å². The third kappa shape index (κ3) is 6.31. The summed E-state index contributed by atoms with van der Waals surface area (Å²) in [6.07, 6.45) is 0.941. The molecular weight excluding hydrogens is 420 g/mol. The molecule has 168 valence electrons. The summed E-state index contributed by atoms with van der Waals surface area (Å²) in [4.78, 5) is 21.8. The van der Waals surface area contributed by atoms with Gasteiger partial charge in [-0.1, -0.05) is 24.3 Å². The number of aryl methyl sites for hydroxylation is 1. The second kappa shape index (κ2) is 11.1. The molecule has 0 saturated carbocycles. The standard InChI is InChI=1S/C25H30N4O2S/c1-20-27-22(19-32-20)18-31-24-10-5-7-21(17-24)25(30)26-11-6-12-28-13-15-29(16-14-28)23-8-3-2-4-9-23/h2-5,7-10,17,19H,6,11-16,18H2,1H3,(H,26,30). The molecular formula is C25H30N4O2S. The van der Waals surface area contributed by atoms with E-state index < -0.39 is 0 Å². The molecule has 32 heavy (non-hydrogen) atoms. The Kier molecular flexibility index (Phi) is 7.74. The first kappa shape index (κ1) is 22.3. The number of piperazine rings is 1. The van der Waals surface area contributed by atoms with Gasteiger partial charge in [0.2, 0.25) is 0 Å². The van der Waals surface area contributed by atoms with Gasteiger partial charge < -0.3 is 15.0 Å². The van der Waals surface area contributed by atoms with Gasteiger partial charge in [-0.15, -0.1) is 11.3 Å². The van der Waals surface area contributed by atoms with Crippen molar-refractivity contribution in [1.29, 1.82) is 0 Å². The summed E-state index contributed by atoms with van der Waals surface area (Å²) in [7, 11) is 0. The van der Waals surface area contributed by atoms with Crippen molar-refractivity contribution in [2.45, 2.75) is 20.0 Å². The van der Waals surface area contributed by atoms with E-state index in [-0.39, 0.29) is 5.91 Å². The number of rotatable bonds is 9. The highest BCUT2D eigenvalue weighted by atomic mass is 32.1. The van der Waals surface area contributed by atoms with Crippen LogP contribution in [0.3, 0.4) is 0 Å². The summed E-state index contributed by atoms with van der Waals surface area (Å²) in [6.45, 7) is 8.26. The number of aromatic nitrogens is 1. The largest absolute Gasteiger partial charge is 0.487 e. The molecule has 6 nitrogen and oxygen atoms in total. The van der Waals surface area contributed by atoms with Gasteiger partial charge >= 0.3 is 0 Å². The Morgan fingerprint density at radius 3 is 2.66 bits per heavy atom. The molecule has 1 saturated heterocycles. The van der Waals surface area contributed by atoms with Crippen molar-refractivity contribution in [3.8, 4) is 5.75 Å². The molecule has 2 aromatic carbocycles. The number of carbonyl (C=O) groups is 1. The van der Waals surface area contributed by atoms with Crippen LogP contribution in [0, 0.1) is 6.92 Å². The number of ether oxygens (including phenoxy) is 1. The zero-order valence-corrected chi connectivity index (χ0v) is 19.3. The van der Waals surface area contributed by atoms with E-state index >= 15 is 0 Å². The predicted molar refractivity (Wildman–Crippen MR) is 130 cm³/mol. The van der Waals surface area contributed by atoms with Gasteiger partial charge in [0, 0.05) is 49.4 Å². The molecule has 0 aliphatic carbocycles. The summed E-state index contributed by atoms with van der Waals surface area (Å²) in [5.74, 6) is 0.619. The number of anilines is 1. The fraction of sp³-hybridized carbons (Fsp3) is 0.360. The van der Waals surface area contributed by atoms with Crippen molar-refractivity contribution in [2.24, 2.45) is 0 Å². The highest BCUT2D eigenvalue weighted by Gasteiger charge is 2.16. The van der Waals surface area contributed by atoms with E-state index in [9.17, 15) is 4.79 Å². The normalized spacial score (nSPS) is 14.3. The van der Waals surface area contributed by atoms with Gasteiger partial charge in [0.15, 0.2) is 0 Å². The molecule has 1 N–H and O–H groups in total. The minimum absolute atomic E-state index is 0.0613. The van der Waals surface area contributed by atoms with Gasteiger partial charge in [0.05, 0.1) is 10.7 Å². The van der Waals surface area contributed by atoms with Crippen molar-refractivity contribution >= 4 is 22.9 Å². The monoisotopic (exact) mass is 450 g/mol. The molecule has 0 spiro atoms. The number of hydrogen-bond donors (Lipinski definition) is 1. The predicted octanol–water partition coefficient (Wildman–Crippen LogP) is 3.97. The maximum atomic E-state index is 12.5. The van der Waals surface area contributed by atoms with Gasteiger partial charge in [0.1, 0.15) is 12.4 Å². The second-order valence-electron chi connectivity index (χ2n) is 7.95. The number of para-hydroxylation sites is 1. The third-order valence-corrected chi connectivity index (χ3v) is 6.40. The number of amides is 1. The molecule has 7 heteroatoms. The first-order chi connectivity index (χ1) is 15.7. The number of hydrogen-bond acceptors (Lipinski definition) is 6. The number of nitrogens with zero attached hydrogens (tertiary/aromatic N) is 3. The average Bonchev–Trinajstić information content (AvgIpc) is 3.26. The van der Waals surface area contributed by atoms with Crippen molar-refractivity contribution in [1.82, 2.24) is 15.2 Å². The first-order valence-corrected chi connectivity index (χ1v) is 12.0. The lowest BCUT2D eigenvalue weighted by atomic mass is 10.2. The molecule has 0 atom stereocenters. The van der Waals surface area contributed by atoms with E-state index in [0.29, 0.717) is 24.5 Å². The molecule has 4 rings (SSSR count). The Hall–Kier alpha value is -2.90. The molecule has 1 aromatic heterocycles. The maximum Gasteiger partial charge on any atom is 0.251 e. The van der Waals surface area contributed by atoms with Crippen LogP contribution in [-0.4, -0.2) is 55.1 Å². The Morgan fingerprint density at radius 2 is 1.91 bits per heavy atom. The number of carbonyl (C=O) groups excluding carboxylic acids is 1. The topological polar surface area (TPSA) is 57.7 Å². The highest BCUT2D eigenvalue weighted by Crippen LogP contribution is 2.17. The summed E-state index contributed by atoms with van der Waals surface area (Å²) >= 11 is 1.61. The van der Waals surface area contributed by atoms with Gasteiger partial charge in [0.25, 0.3) is 5.91 Å². The third-order valence-electron chi connectivity index (χ3n) is 5.58. The van der Waals surface area contributed by atoms with E-state index in [4.69, 9.17) is 4.74 Å². The Bertz CT molecular complexity index is 1000. The zero-order chi connectivity index (χ0) is 22.2. The molecule has 1 aliphatic heterocycles. The van der Waals surface area contributed by atoms with Gasteiger partial charge in [-0.25, -0.2) is 4.98 Å². The van der Waals surface area contributed by atoms with E-state index in [2.05, 4.69) is 50.4 Å². The van der Waals surface area contributed by atoms with Crippen LogP contribution in [0.5, 0.6) is 5.75 Å². The molecule has 1 amide bonds. The van der Waals surface area contributed by atoms with Crippen molar-refractivity contribution in [3.05, 3.63) is 76.2 Å². The SMILES string of the molecule is Cc1nc(COc2cccc(C(=O)NCCCN3CCN(c4ccccc4)CC3)c2)cs1. The minimum Gasteiger partial charge on any atom is -0.487 e. The molecule has 3 aromatic rings. The minimum atomic E-state index is -0.0613. The van der Waals surface area contributed by atoms with Crippen LogP contribution in [0.1, 0.15) is 27.5 Å². The van der Waals surface area contributed by atoms with Crippen molar-refractivity contribution in [3.63, 3.8) is 0 Å². The van der Waals surface area contributed by atoms with Crippen LogP contribution < -0.4 is 15.0 Å². The van der Waals surface area contributed by atoms with E-state index in [1.807, 2.05) is 30.5 Å². The van der Waals surface area contributed by atoms with Crippen molar-refractivity contribution in [2.75, 3.05) is 44.2 Å². The molecule has 0 bridgehead atoms. The van der Waals surface area contributed by atoms with E-state index in [1.165, 1.54) is 5.69 Å². The Balaban J connectivity index is 1.15. The molecule has 2 heterocycles. The van der Waals surface area contributed by atoms with Crippen LogP contribution in [0.25, 0.3) is 0 Å². The van der Waals surface area contributed by atoms with Crippen LogP contribution in [-0.2, 0) is 6.61 Å². The number of thiazole rings is 1. The van der Waals surface area contributed by atoms with Crippen molar-refractivity contribution < 1.29 is 9.53 Å². The molecule has 1 fully saturated rings. The van der Waals surface area contributed by atoms with Crippen LogP contribution in [0.2, 0.25) is 0 Å². The number of nitrogens with one attached hydrogen (secondary N) is 1. The lowest BCUT2D eigenvalue weighted by molar-refractivity contribution is 0.0951. The van der Waals surface area contributed by atoms with Gasteiger partial charge in [-0.05, 0) is 50.2 Å². The van der Waals surface area contributed by atoms with Crippen LogP contribution in [0.4, 0.5) is 5.69 Å². The Labute approximate surface area is 193 Å². The average molecular weight is 451 g/mol. The summed E-state index contributed by atoms with van der Waals surface area (Å²) in [5.41, 5.74) is 2.83. The maximum absolute atomic E-state index is 12.5. The van der Waals surface area contributed by atoms with Crippen LogP contribution in [0.15, 0.2) is 60.0 Å². The lowest BCUT2D eigenvalue weighted by Crippen LogP contribution is -2.47. The molecule has 0 radical (unpaired) electrons. The Morgan fingerprint density at radius 1 is 1.09 bits per heavy atom. The summed E-state index contributed by atoms with van der Waals surface area (Å²) in [6, 6.07) is 17.9. The first-order valence-electron chi connectivity index (χ1n) is 11.1. The molecule has 1 aliphatic rings. The fourth-order valence-corrected chi connectivity index (χ4v) is 4.43. The second-order valence-corrected chi connectivity index (χ2v) is 9.01. The lowest BCUT2D eigenvalue weighted by Gasteiger charge is -2.36. The van der Waals surface area contributed by atoms with Gasteiger partial charge in [-0.3, -0.25) is 9.69 Å². The van der Waals surface area contributed by atoms with E-state index in [0.717, 1.165) is 49.8 Å². The van der Waals surface area contributed by atoms with Gasteiger partial charge in [-0.2, -0.15) is 0 Å². The molecule has 0 unspecified atom stereocenters. The smallest absolute Gasteiger partial charge is 0.251 e. The summed E-state index contributed by atoms with van der Waals surface area (Å²) in [5, 5.41) is 6.05. The summed E-state index contributed by atoms with van der Waals surface area (Å²) < 4.78 is 5.80.